The summed E-state index contributed by atoms with van der Waals surface area (Å²) < 4.78 is 0. The zero-order valence-electron chi connectivity index (χ0n) is 15.2. The molecule has 0 atom stereocenters. The molecule has 4 aliphatic rings. The Morgan fingerprint density at radius 2 is 1.24 bits per heavy atom. The minimum absolute atomic E-state index is 0.826. The number of hydrogen-bond acceptors (Lipinski definition) is 0. The monoisotopic (exact) mass is 490 g/mol. The Morgan fingerprint density at radius 3 is 1.76 bits per heavy atom. The van der Waals surface area contributed by atoms with Crippen LogP contribution < -0.4 is 0 Å². The summed E-state index contributed by atoms with van der Waals surface area (Å²) in [5.74, 6) is 6.36. The van der Waals surface area contributed by atoms with Gasteiger partial charge in [0.05, 0.1) is 0 Å². The summed E-state index contributed by atoms with van der Waals surface area (Å²) >= 11 is 5.65. The van der Waals surface area contributed by atoms with Gasteiger partial charge in [0, 0.05) is 0 Å². The van der Waals surface area contributed by atoms with Crippen molar-refractivity contribution < 1.29 is 20.8 Å². The van der Waals surface area contributed by atoms with Crippen molar-refractivity contribution in [2.75, 3.05) is 0 Å². The van der Waals surface area contributed by atoms with E-state index in [1.54, 1.807) is 23.7 Å². The second-order valence-electron chi connectivity index (χ2n) is 7.29. The van der Waals surface area contributed by atoms with Crippen LogP contribution in [-0.4, -0.2) is 7.38 Å². The van der Waals surface area contributed by atoms with E-state index in [1.807, 2.05) is 0 Å². The van der Waals surface area contributed by atoms with Gasteiger partial charge >= 0.3 is 37.9 Å². The molecule has 4 fully saturated rings. The molecule has 25 heavy (non-hydrogen) atoms. The van der Waals surface area contributed by atoms with Crippen LogP contribution in [0.1, 0.15) is 51.4 Å². The van der Waals surface area contributed by atoms with Crippen LogP contribution in [0.25, 0.3) is 0 Å². The molecule has 0 aromatic rings. The third-order valence-corrected chi connectivity index (χ3v) is 7.44. The van der Waals surface area contributed by atoms with Gasteiger partial charge in [-0.1, -0.05) is 38.8 Å². The first-order valence-electron chi connectivity index (χ1n) is 9.14. The first-order chi connectivity index (χ1) is 12.0. The summed E-state index contributed by atoms with van der Waals surface area (Å²) in [7, 11) is 8.28. The molecule has 0 aromatic carbocycles. The summed E-state index contributed by atoms with van der Waals surface area (Å²) in [5.41, 5.74) is 1.49. The normalized spacial score (nSPS) is 26.0. The first kappa shape index (κ1) is 23.3. The molecule has 0 aromatic heterocycles. The van der Waals surface area contributed by atoms with E-state index in [2.05, 4.69) is 45.2 Å². The molecule has 0 saturated heterocycles. The van der Waals surface area contributed by atoms with Crippen LogP contribution in [-0.2, 0) is 20.8 Å². The number of halogens is 3. The number of fused-ring (bicyclic) bond motifs is 2. The fourth-order valence-electron chi connectivity index (χ4n) is 3.87. The van der Waals surface area contributed by atoms with E-state index in [-0.39, 0.29) is 0 Å². The van der Waals surface area contributed by atoms with Gasteiger partial charge in [-0.15, -0.1) is 0 Å². The summed E-state index contributed by atoms with van der Waals surface area (Å²) in [5, 5.41) is 0. The van der Waals surface area contributed by atoms with Gasteiger partial charge in [0.25, 0.3) is 0 Å². The third kappa shape index (κ3) is 7.38. The van der Waals surface area contributed by atoms with Gasteiger partial charge in [-0.05, 0) is 87.0 Å². The molecule has 5 heteroatoms. The van der Waals surface area contributed by atoms with Gasteiger partial charge in [-0.2, -0.15) is 11.1 Å². The molecule has 4 aliphatic carbocycles. The summed E-state index contributed by atoms with van der Waals surface area (Å²) in [6, 6.07) is 0. The fourth-order valence-corrected chi connectivity index (χ4v) is 5.89. The van der Waals surface area contributed by atoms with Crippen LogP contribution >= 0.6 is 28.1 Å². The Bertz CT molecular complexity index is 362. The van der Waals surface area contributed by atoms with E-state index in [0.717, 1.165) is 0 Å². The standard InChI is InChI=1S/C11H16ClSi.C9H11.2ClH.Zr/c1-13(2,12)11-8-7-9-5-3-4-6-10(9)11;1-2-5-9-7-3-6-8(9)4-1;;;/h7-8H,3-6H2,1-2H3;3,6-7H,1-2,4-5H2;2*1H;/q;;;;+4/p-2. The van der Waals surface area contributed by atoms with Gasteiger partial charge in [0.1, 0.15) is 0 Å². The molecular weight excluding hydrogens is 466 g/mol. The minimum atomic E-state index is -1.59. The maximum absolute atomic E-state index is 6.48. The second-order valence-corrected chi connectivity index (χ2v) is 17.3. The van der Waals surface area contributed by atoms with E-state index >= 15 is 0 Å². The van der Waals surface area contributed by atoms with E-state index in [4.69, 9.17) is 28.1 Å². The molecule has 0 spiro atoms. The number of hydrogen-bond donors (Lipinski definition) is 0. The van der Waals surface area contributed by atoms with Crippen LogP contribution in [0, 0.1) is 61.3 Å². The van der Waals surface area contributed by atoms with E-state index in [0.29, 0.717) is 0 Å². The van der Waals surface area contributed by atoms with Crippen molar-refractivity contribution in [2.45, 2.75) is 64.5 Å². The number of rotatable bonds is 1. The van der Waals surface area contributed by atoms with Crippen molar-refractivity contribution in [3.05, 3.63) is 61.3 Å². The zero-order chi connectivity index (χ0) is 18.3. The van der Waals surface area contributed by atoms with Crippen molar-refractivity contribution >= 4 is 35.5 Å². The van der Waals surface area contributed by atoms with Crippen molar-refractivity contribution in [1.82, 2.24) is 0 Å². The zero-order valence-corrected chi connectivity index (χ0v) is 20.9. The van der Waals surface area contributed by atoms with Crippen LogP contribution in [0.5, 0.6) is 0 Å². The summed E-state index contributed by atoms with van der Waals surface area (Å²) in [4.78, 5) is 0. The van der Waals surface area contributed by atoms with Gasteiger partial charge < -0.3 is 0 Å². The van der Waals surface area contributed by atoms with E-state index in [9.17, 15) is 0 Å². The Labute approximate surface area is 180 Å². The topological polar surface area (TPSA) is 0 Å². The molecule has 4 rings (SSSR count). The van der Waals surface area contributed by atoms with Crippen molar-refractivity contribution in [2.24, 2.45) is 0 Å². The quantitative estimate of drug-likeness (QED) is 0.264. The van der Waals surface area contributed by atoms with Gasteiger partial charge in [0.15, 0.2) is 7.38 Å². The molecule has 0 heterocycles. The Kier molecular flexibility index (Phi) is 11.0. The molecule has 0 bridgehead atoms. The SMILES string of the molecule is C[Si](C)(Cl)[C]1[CH][CH][C]2CCCC[C]21.[CH]1[CH][C]2CCCC[C]2[CH]1.[Cl][Zr+2][Cl]. The van der Waals surface area contributed by atoms with Crippen molar-refractivity contribution in [1.29, 1.82) is 0 Å². The fraction of sp³-hybridized carbons (Fsp3) is 0.500. The molecule has 0 aliphatic heterocycles. The van der Waals surface area contributed by atoms with Gasteiger partial charge in [-0.3, -0.25) is 0 Å². The molecule has 4 saturated carbocycles. The third-order valence-electron chi connectivity index (χ3n) is 5.08. The van der Waals surface area contributed by atoms with E-state index < -0.39 is 28.2 Å². The van der Waals surface area contributed by atoms with Crippen LogP contribution in [0.3, 0.4) is 0 Å². The first-order valence-corrected chi connectivity index (χ1v) is 19.5. The van der Waals surface area contributed by atoms with Crippen LogP contribution in [0.4, 0.5) is 0 Å². The molecule has 10 radical (unpaired) electrons. The van der Waals surface area contributed by atoms with Crippen LogP contribution in [0.2, 0.25) is 13.1 Å². The van der Waals surface area contributed by atoms with Crippen molar-refractivity contribution in [3.63, 3.8) is 0 Å². The molecule has 0 nitrogen and oxygen atoms in total. The van der Waals surface area contributed by atoms with Crippen LogP contribution in [0.15, 0.2) is 0 Å². The van der Waals surface area contributed by atoms with Gasteiger partial charge in [0.2, 0.25) is 0 Å². The summed E-state index contributed by atoms with van der Waals surface area (Å²) in [6.45, 7) is 4.44. The molecule has 134 valence electrons. The molecule has 0 amide bonds. The average molecular weight is 493 g/mol. The Balaban J connectivity index is 0.000000163. The molecule has 0 N–H and O–H groups in total. The predicted molar refractivity (Wildman–Crippen MR) is 110 cm³/mol. The average Bonchev–Trinajstić information content (AvgIpc) is 3.22. The Hall–Kier alpha value is 1.97. The molecule has 0 unspecified atom stereocenters. The second kappa shape index (κ2) is 11.8. The summed E-state index contributed by atoms with van der Waals surface area (Å²) in [6.07, 6.45) is 22.0. The van der Waals surface area contributed by atoms with Gasteiger partial charge in [-0.25, -0.2) is 0 Å². The Morgan fingerprint density at radius 1 is 0.760 bits per heavy atom. The maximum atomic E-state index is 6.48. The predicted octanol–water partition coefficient (Wildman–Crippen LogP) is 7.40. The van der Waals surface area contributed by atoms with E-state index in [1.165, 1.54) is 56.9 Å². The van der Waals surface area contributed by atoms with Crippen molar-refractivity contribution in [3.8, 4) is 0 Å². The molecular formula is C20H27Cl3SiZr+2.